The van der Waals surface area contributed by atoms with E-state index in [1.165, 1.54) is 0 Å². The molecule has 0 radical (unpaired) electrons. The maximum absolute atomic E-state index is 6.48. The van der Waals surface area contributed by atoms with Gasteiger partial charge in [0.05, 0.1) is 30.0 Å². The summed E-state index contributed by atoms with van der Waals surface area (Å²) in [6.45, 7) is 5.29. The third kappa shape index (κ3) is 1.72. The molecule has 1 fully saturated rings. The lowest BCUT2D eigenvalue weighted by atomic mass is 10.00. The zero-order valence-electron chi connectivity index (χ0n) is 10.6. The molecule has 1 unspecified atom stereocenters. The van der Waals surface area contributed by atoms with Crippen LogP contribution in [0.2, 0.25) is 0 Å². The SMILES string of the molecule is CCC1NN2C=CC=C(C3(C)OCCO3)C2=C1Cl. The van der Waals surface area contributed by atoms with Crippen molar-refractivity contribution in [3.8, 4) is 0 Å². The number of nitrogens with zero attached hydrogens (tertiary/aromatic N) is 1. The van der Waals surface area contributed by atoms with Crippen LogP contribution in [0.5, 0.6) is 0 Å². The normalized spacial score (nSPS) is 29.8. The van der Waals surface area contributed by atoms with Gasteiger partial charge in [-0.1, -0.05) is 18.5 Å². The van der Waals surface area contributed by atoms with Crippen molar-refractivity contribution in [3.05, 3.63) is 34.7 Å². The molecule has 0 amide bonds. The second-order valence-corrected chi connectivity index (χ2v) is 5.13. The highest BCUT2D eigenvalue weighted by Gasteiger charge is 2.43. The minimum Gasteiger partial charge on any atom is -0.344 e. The van der Waals surface area contributed by atoms with Gasteiger partial charge in [0.25, 0.3) is 0 Å². The lowest BCUT2D eigenvalue weighted by molar-refractivity contribution is -0.109. The molecule has 3 aliphatic rings. The molecular weight excluding hydrogens is 252 g/mol. The summed E-state index contributed by atoms with van der Waals surface area (Å²) in [5.41, 5.74) is 5.30. The van der Waals surface area contributed by atoms with Crippen LogP contribution in [0.3, 0.4) is 0 Å². The van der Waals surface area contributed by atoms with E-state index in [0.717, 1.165) is 22.7 Å². The smallest absolute Gasteiger partial charge is 0.194 e. The Bertz CT molecular complexity index is 450. The topological polar surface area (TPSA) is 33.7 Å². The summed E-state index contributed by atoms with van der Waals surface area (Å²) in [7, 11) is 0. The number of nitrogens with one attached hydrogen (secondary N) is 1. The highest BCUT2D eigenvalue weighted by atomic mass is 35.5. The maximum Gasteiger partial charge on any atom is 0.194 e. The fourth-order valence-corrected chi connectivity index (χ4v) is 2.95. The van der Waals surface area contributed by atoms with E-state index in [1.807, 2.05) is 30.3 Å². The summed E-state index contributed by atoms with van der Waals surface area (Å²) >= 11 is 6.48. The Morgan fingerprint density at radius 3 is 2.89 bits per heavy atom. The molecule has 1 atom stereocenters. The van der Waals surface area contributed by atoms with Crippen molar-refractivity contribution >= 4 is 11.6 Å². The molecule has 0 aromatic heterocycles. The first-order chi connectivity index (χ1) is 8.65. The van der Waals surface area contributed by atoms with Crippen LogP contribution in [0.4, 0.5) is 0 Å². The molecule has 0 aromatic carbocycles. The molecule has 3 aliphatic heterocycles. The van der Waals surface area contributed by atoms with Crippen LogP contribution in [-0.4, -0.2) is 30.1 Å². The van der Waals surface area contributed by atoms with Gasteiger partial charge in [-0.3, -0.25) is 5.01 Å². The highest BCUT2D eigenvalue weighted by Crippen LogP contribution is 2.41. The van der Waals surface area contributed by atoms with Gasteiger partial charge in [0.2, 0.25) is 0 Å². The van der Waals surface area contributed by atoms with E-state index in [2.05, 4.69) is 12.3 Å². The monoisotopic (exact) mass is 268 g/mol. The second kappa shape index (κ2) is 4.38. The fourth-order valence-electron chi connectivity index (χ4n) is 2.56. The molecule has 4 nitrogen and oxygen atoms in total. The third-order valence-electron chi connectivity index (χ3n) is 3.56. The quantitative estimate of drug-likeness (QED) is 0.833. The van der Waals surface area contributed by atoms with Crippen molar-refractivity contribution in [1.82, 2.24) is 10.4 Å². The van der Waals surface area contributed by atoms with Crippen LogP contribution in [0.25, 0.3) is 0 Å². The number of fused-ring (bicyclic) bond motifs is 1. The zero-order valence-corrected chi connectivity index (χ0v) is 11.3. The van der Waals surface area contributed by atoms with Gasteiger partial charge in [-0.25, -0.2) is 5.43 Å². The first-order valence-electron chi connectivity index (χ1n) is 6.28. The van der Waals surface area contributed by atoms with Crippen LogP contribution in [0.15, 0.2) is 34.7 Å². The summed E-state index contributed by atoms with van der Waals surface area (Å²) in [6.07, 6.45) is 6.90. The number of hydrogen-bond acceptors (Lipinski definition) is 4. The van der Waals surface area contributed by atoms with E-state index in [4.69, 9.17) is 21.1 Å². The molecular formula is C13H17ClN2O2. The van der Waals surface area contributed by atoms with Crippen molar-refractivity contribution in [2.24, 2.45) is 0 Å². The molecule has 0 saturated carbocycles. The molecule has 0 spiro atoms. The van der Waals surface area contributed by atoms with Gasteiger partial charge in [0.15, 0.2) is 5.79 Å². The lowest BCUT2D eigenvalue weighted by Crippen LogP contribution is -2.38. The first-order valence-corrected chi connectivity index (χ1v) is 6.66. The lowest BCUT2D eigenvalue weighted by Gasteiger charge is -2.31. The molecule has 1 N–H and O–H groups in total. The maximum atomic E-state index is 6.48. The molecule has 5 heteroatoms. The molecule has 0 aromatic rings. The van der Waals surface area contributed by atoms with Gasteiger partial charge >= 0.3 is 0 Å². The largest absolute Gasteiger partial charge is 0.344 e. The van der Waals surface area contributed by atoms with Gasteiger partial charge < -0.3 is 9.47 Å². The van der Waals surface area contributed by atoms with Gasteiger partial charge in [-0.15, -0.1) is 0 Å². The standard InChI is InChI=1S/C13H17ClN2O2/c1-3-10-11(14)12-9(5-4-6-16(12)15-10)13(2)17-7-8-18-13/h4-6,10,15H,3,7-8H2,1-2H3. The summed E-state index contributed by atoms with van der Waals surface area (Å²) < 4.78 is 11.5. The van der Waals surface area contributed by atoms with Crippen molar-refractivity contribution in [1.29, 1.82) is 0 Å². The average molecular weight is 269 g/mol. The Balaban J connectivity index is 2.01. The minimum absolute atomic E-state index is 0.165. The van der Waals surface area contributed by atoms with Crippen LogP contribution < -0.4 is 5.43 Å². The molecule has 0 bridgehead atoms. The number of allylic oxidation sites excluding steroid dienone is 2. The minimum atomic E-state index is -0.692. The van der Waals surface area contributed by atoms with E-state index in [1.54, 1.807) is 0 Å². The van der Waals surface area contributed by atoms with Gasteiger partial charge in [-0.2, -0.15) is 0 Å². The molecule has 0 aliphatic carbocycles. The van der Waals surface area contributed by atoms with Gasteiger partial charge in [0.1, 0.15) is 0 Å². The number of hydrazine groups is 1. The number of rotatable bonds is 2. The van der Waals surface area contributed by atoms with Crippen molar-refractivity contribution in [3.63, 3.8) is 0 Å². The zero-order chi connectivity index (χ0) is 12.8. The predicted molar refractivity (Wildman–Crippen MR) is 69.5 cm³/mol. The first kappa shape index (κ1) is 12.2. The summed E-state index contributed by atoms with van der Waals surface area (Å²) in [5, 5.41) is 2.79. The van der Waals surface area contributed by atoms with Gasteiger partial charge in [0, 0.05) is 11.8 Å². The van der Waals surface area contributed by atoms with E-state index in [9.17, 15) is 0 Å². The van der Waals surface area contributed by atoms with Crippen molar-refractivity contribution in [2.75, 3.05) is 13.2 Å². The Kier molecular flexibility index (Phi) is 2.98. The Hall–Kier alpha value is -0.810. The summed E-state index contributed by atoms with van der Waals surface area (Å²) in [6, 6.07) is 0.165. The molecule has 98 valence electrons. The number of halogens is 1. The van der Waals surface area contributed by atoms with Crippen molar-refractivity contribution in [2.45, 2.75) is 32.1 Å². The fraction of sp³-hybridized carbons (Fsp3) is 0.538. The second-order valence-electron chi connectivity index (χ2n) is 4.72. The summed E-state index contributed by atoms with van der Waals surface area (Å²) in [5.74, 6) is -0.692. The predicted octanol–water partition coefficient (Wildman–Crippen LogP) is 2.25. The highest BCUT2D eigenvalue weighted by molar-refractivity contribution is 6.31. The Morgan fingerprint density at radius 1 is 1.50 bits per heavy atom. The van der Waals surface area contributed by atoms with Crippen LogP contribution >= 0.6 is 11.6 Å². The average Bonchev–Trinajstić information content (AvgIpc) is 2.95. The Morgan fingerprint density at radius 2 is 2.22 bits per heavy atom. The molecule has 3 heterocycles. The molecule has 18 heavy (non-hydrogen) atoms. The van der Waals surface area contributed by atoms with E-state index in [-0.39, 0.29) is 6.04 Å². The molecule has 3 rings (SSSR count). The van der Waals surface area contributed by atoms with Crippen LogP contribution in [0, 0.1) is 0 Å². The van der Waals surface area contributed by atoms with E-state index in [0.29, 0.717) is 13.2 Å². The Labute approximate surface area is 112 Å². The van der Waals surface area contributed by atoms with E-state index >= 15 is 0 Å². The van der Waals surface area contributed by atoms with Crippen LogP contribution in [-0.2, 0) is 9.47 Å². The van der Waals surface area contributed by atoms with E-state index < -0.39 is 5.79 Å². The third-order valence-corrected chi connectivity index (χ3v) is 4.00. The van der Waals surface area contributed by atoms with Crippen LogP contribution in [0.1, 0.15) is 20.3 Å². The van der Waals surface area contributed by atoms with Crippen molar-refractivity contribution < 1.29 is 9.47 Å². The van der Waals surface area contributed by atoms with Gasteiger partial charge in [-0.05, 0) is 25.5 Å². The summed E-state index contributed by atoms with van der Waals surface area (Å²) in [4.78, 5) is 0. The number of ether oxygens (including phenoxy) is 2. The number of hydrogen-bond donors (Lipinski definition) is 1. The molecule has 1 saturated heterocycles.